The van der Waals surface area contributed by atoms with Crippen molar-refractivity contribution in [2.75, 3.05) is 11.9 Å². The van der Waals surface area contributed by atoms with Gasteiger partial charge in [-0.15, -0.1) is 0 Å². The number of amides is 2. The summed E-state index contributed by atoms with van der Waals surface area (Å²) in [6, 6.07) is 5.93. The van der Waals surface area contributed by atoms with Gasteiger partial charge in [0, 0.05) is 6.42 Å². The molecule has 1 aromatic rings. The van der Waals surface area contributed by atoms with Crippen molar-refractivity contribution in [2.24, 2.45) is 0 Å². The Hall–Kier alpha value is -1.91. The Morgan fingerprint density at radius 3 is 2.41 bits per heavy atom. The Balaban J connectivity index is 2.13. The second-order valence-corrected chi connectivity index (χ2v) is 5.32. The molecule has 0 aliphatic rings. The van der Waals surface area contributed by atoms with Gasteiger partial charge in [-0.1, -0.05) is 51.2 Å². The highest BCUT2D eigenvalue weighted by molar-refractivity contribution is 5.94. The second kappa shape index (κ2) is 10.8. The molecule has 0 aromatic heterocycles. The normalized spacial score (nSPS) is 10.3. The molecule has 5 heteroatoms. The molecule has 0 fully saturated rings. The first kappa shape index (κ1) is 18.1. The Morgan fingerprint density at radius 1 is 1.00 bits per heavy atom. The molecule has 2 N–H and O–H groups in total. The third-order valence-corrected chi connectivity index (χ3v) is 3.35. The lowest BCUT2D eigenvalue weighted by Crippen LogP contribution is -2.32. The van der Waals surface area contributed by atoms with Crippen molar-refractivity contribution in [1.29, 1.82) is 0 Å². The van der Waals surface area contributed by atoms with Crippen LogP contribution in [0.25, 0.3) is 0 Å². The summed E-state index contributed by atoms with van der Waals surface area (Å²) >= 11 is 0. The van der Waals surface area contributed by atoms with Crippen molar-refractivity contribution >= 4 is 17.5 Å². The molecule has 0 saturated heterocycles. The lowest BCUT2D eigenvalue weighted by molar-refractivity contribution is -0.124. The van der Waals surface area contributed by atoms with Crippen LogP contribution in [0.1, 0.15) is 51.9 Å². The lowest BCUT2D eigenvalue weighted by Gasteiger charge is -2.07. The minimum absolute atomic E-state index is 0.123. The number of unbranched alkanes of at least 4 members (excludes halogenated alkanes) is 5. The Labute approximate surface area is 131 Å². The molecule has 4 nitrogen and oxygen atoms in total. The quantitative estimate of drug-likeness (QED) is 0.648. The fraction of sp³-hybridized carbons (Fsp3) is 0.529. The first-order chi connectivity index (χ1) is 10.6. The molecular weight excluding hydrogens is 283 g/mol. The molecule has 0 heterocycles. The molecule has 0 atom stereocenters. The average molecular weight is 308 g/mol. The molecule has 0 radical (unpaired) electrons. The van der Waals surface area contributed by atoms with Crippen LogP contribution in [-0.2, 0) is 9.59 Å². The van der Waals surface area contributed by atoms with E-state index in [4.69, 9.17) is 0 Å². The van der Waals surface area contributed by atoms with E-state index in [0.29, 0.717) is 6.42 Å². The van der Waals surface area contributed by atoms with Crippen LogP contribution in [0.4, 0.5) is 10.1 Å². The number of hydrogen-bond donors (Lipinski definition) is 2. The summed E-state index contributed by atoms with van der Waals surface area (Å²) in [7, 11) is 0. The van der Waals surface area contributed by atoms with Crippen molar-refractivity contribution in [3.05, 3.63) is 30.1 Å². The van der Waals surface area contributed by atoms with E-state index in [1.165, 1.54) is 31.4 Å². The first-order valence-electron chi connectivity index (χ1n) is 7.94. The van der Waals surface area contributed by atoms with Crippen LogP contribution in [0.3, 0.4) is 0 Å². The number of rotatable bonds is 10. The highest BCUT2D eigenvalue weighted by Gasteiger charge is 2.08. The Kier molecular flexibility index (Phi) is 8.88. The van der Waals surface area contributed by atoms with Gasteiger partial charge in [-0.2, -0.15) is 0 Å². The van der Waals surface area contributed by atoms with Crippen molar-refractivity contribution in [3.63, 3.8) is 0 Å². The average Bonchev–Trinajstić information content (AvgIpc) is 2.51. The predicted octanol–water partition coefficient (Wildman–Crippen LogP) is 3.63. The fourth-order valence-corrected chi connectivity index (χ4v) is 2.09. The molecule has 1 aromatic carbocycles. The van der Waals surface area contributed by atoms with E-state index in [9.17, 15) is 14.0 Å². The van der Waals surface area contributed by atoms with Crippen molar-refractivity contribution < 1.29 is 14.0 Å². The number of carbonyl (C=O) groups is 2. The topological polar surface area (TPSA) is 58.2 Å². The summed E-state index contributed by atoms with van der Waals surface area (Å²) < 4.78 is 13.3. The van der Waals surface area contributed by atoms with Gasteiger partial charge in [0.15, 0.2) is 0 Å². The third kappa shape index (κ3) is 7.76. The highest BCUT2D eigenvalue weighted by Crippen LogP contribution is 2.11. The number of halogens is 1. The van der Waals surface area contributed by atoms with Crippen molar-refractivity contribution in [1.82, 2.24) is 5.32 Å². The monoisotopic (exact) mass is 308 g/mol. The van der Waals surface area contributed by atoms with E-state index in [1.807, 2.05) is 0 Å². The summed E-state index contributed by atoms with van der Waals surface area (Å²) in [6.45, 7) is 2.03. The third-order valence-electron chi connectivity index (χ3n) is 3.35. The van der Waals surface area contributed by atoms with E-state index in [-0.39, 0.29) is 18.1 Å². The van der Waals surface area contributed by atoms with E-state index in [0.717, 1.165) is 19.3 Å². The van der Waals surface area contributed by atoms with Crippen molar-refractivity contribution in [2.45, 2.75) is 51.9 Å². The fourth-order valence-electron chi connectivity index (χ4n) is 2.09. The number of anilines is 1. The number of para-hydroxylation sites is 1. The SMILES string of the molecule is CCCCCCCCC(=O)NCC(=O)Nc1ccccc1F. The van der Waals surface area contributed by atoms with Gasteiger partial charge in [0.2, 0.25) is 11.8 Å². The van der Waals surface area contributed by atoms with Crippen LogP contribution < -0.4 is 10.6 Å². The van der Waals surface area contributed by atoms with Gasteiger partial charge in [0.25, 0.3) is 0 Å². The van der Waals surface area contributed by atoms with Gasteiger partial charge in [-0.3, -0.25) is 9.59 Å². The van der Waals surface area contributed by atoms with Gasteiger partial charge >= 0.3 is 0 Å². The zero-order valence-electron chi connectivity index (χ0n) is 13.2. The molecule has 0 spiro atoms. The summed E-state index contributed by atoms with van der Waals surface area (Å²) in [5.74, 6) is -1.06. The molecule has 2 amide bonds. The maximum Gasteiger partial charge on any atom is 0.243 e. The minimum Gasteiger partial charge on any atom is -0.347 e. The van der Waals surface area contributed by atoms with Crippen LogP contribution >= 0.6 is 0 Å². The molecule has 1 rings (SSSR count). The standard InChI is InChI=1S/C17H25FN2O2/c1-2-3-4-5-6-7-12-16(21)19-13-17(22)20-15-11-9-8-10-14(15)18/h8-11H,2-7,12-13H2,1H3,(H,19,21)(H,20,22). The molecule has 122 valence electrons. The summed E-state index contributed by atoms with van der Waals surface area (Å²) in [5, 5.41) is 4.98. The van der Waals surface area contributed by atoms with E-state index < -0.39 is 11.7 Å². The van der Waals surface area contributed by atoms with Crippen molar-refractivity contribution in [3.8, 4) is 0 Å². The number of carbonyl (C=O) groups excluding carboxylic acids is 2. The molecule has 0 aliphatic heterocycles. The van der Waals surface area contributed by atoms with Crippen LogP contribution in [0.2, 0.25) is 0 Å². The second-order valence-electron chi connectivity index (χ2n) is 5.32. The maximum absolute atomic E-state index is 13.3. The van der Waals surface area contributed by atoms with Gasteiger partial charge < -0.3 is 10.6 Å². The zero-order chi connectivity index (χ0) is 16.2. The predicted molar refractivity (Wildman–Crippen MR) is 86.0 cm³/mol. The van der Waals surface area contributed by atoms with E-state index in [2.05, 4.69) is 17.6 Å². The van der Waals surface area contributed by atoms with Crippen LogP contribution in [-0.4, -0.2) is 18.4 Å². The Bertz CT molecular complexity index is 477. The molecule has 0 unspecified atom stereocenters. The summed E-state index contributed by atoms with van der Waals surface area (Å²) in [6.07, 6.45) is 7.11. The smallest absolute Gasteiger partial charge is 0.243 e. The first-order valence-corrected chi connectivity index (χ1v) is 7.94. The van der Waals surface area contributed by atoms with Gasteiger partial charge in [-0.05, 0) is 18.6 Å². The molecule has 0 bridgehead atoms. The lowest BCUT2D eigenvalue weighted by atomic mass is 10.1. The molecule has 0 aliphatic carbocycles. The molecule has 22 heavy (non-hydrogen) atoms. The zero-order valence-corrected chi connectivity index (χ0v) is 13.2. The van der Waals surface area contributed by atoms with E-state index >= 15 is 0 Å². The number of hydrogen-bond acceptors (Lipinski definition) is 2. The van der Waals surface area contributed by atoms with Crippen LogP contribution in [0.5, 0.6) is 0 Å². The largest absolute Gasteiger partial charge is 0.347 e. The number of benzene rings is 1. The Morgan fingerprint density at radius 2 is 1.68 bits per heavy atom. The van der Waals surface area contributed by atoms with E-state index in [1.54, 1.807) is 12.1 Å². The number of nitrogens with one attached hydrogen (secondary N) is 2. The summed E-state index contributed by atoms with van der Waals surface area (Å²) in [4.78, 5) is 23.2. The molecular formula is C17H25FN2O2. The minimum atomic E-state index is -0.491. The molecule has 0 saturated carbocycles. The van der Waals surface area contributed by atoms with Gasteiger partial charge in [0.05, 0.1) is 12.2 Å². The van der Waals surface area contributed by atoms with Gasteiger partial charge in [0.1, 0.15) is 5.82 Å². The summed E-state index contributed by atoms with van der Waals surface area (Å²) in [5.41, 5.74) is 0.123. The maximum atomic E-state index is 13.3. The van der Waals surface area contributed by atoms with Crippen LogP contribution in [0, 0.1) is 5.82 Å². The van der Waals surface area contributed by atoms with Crippen LogP contribution in [0.15, 0.2) is 24.3 Å². The highest BCUT2D eigenvalue weighted by atomic mass is 19.1. The van der Waals surface area contributed by atoms with Gasteiger partial charge in [-0.25, -0.2) is 4.39 Å².